The van der Waals surface area contributed by atoms with Crippen molar-refractivity contribution in [2.24, 2.45) is 5.92 Å². The number of benzene rings is 3. The van der Waals surface area contributed by atoms with Crippen LogP contribution in [0.3, 0.4) is 0 Å². The molecule has 5 aromatic rings. The van der Waals surface area contributed by atoms with Crippen molar-refractivity contribution in [3.8, 4) is 0 Å². The Kier molecular flexibility index (Phi) is 4.83. The minimum absolute atomic E-state index is 0.316. The first-order chi connectivity index (χ1) is 14.6. The Labute approximate surface area is 178 Å². The summed E-state index contributed by atoms with van der Waals surface area (Å²) in [6.07, 6.45) is 0. The van der Waals surface area contributed by atoms with E-state index in [1.165, 1.54) is 0 Å². The van der Waals surface area contributed by atoms with E-state index >= 15 is 0 Å². The van der Waals surface area contributed by atoms with Gasteiger partial charge in [-0.1, -0.05) is 68.1 Å². The zero-order valence-corrected chi connectivity index (χ0v) is 17.8. The molecule has 0 N–H and O–H groups in total. The molecule has 4 nitrogen and oxygen atoms in total. The van der Waals surface area contributed by atoms with Gasteiger partial charge >= 0.3 is 5.63 Å². The van der Waals surface area contributed by atoms with Crippen LogP contribution >= 0.6 is 11.8 Å². The highest BCUT2D eigenvalue weighted by Crippen LogP contribution is 2.32. The van der Waals surface area contributed by atoms with Crippen LogP contribution in [0.15, 0.2) is 81.1 Å². The van der Waals surface area contributed by atoms with Crippen LogP contribution in [0, 0.1) is 5.92 Å². The lowest BCUT2D eigenvalue weighted by molar-refractivity contribution is 0.505. The topological polar surface area (TPSA) is 48.0 Å². The summed E-state index contributed by atoms with van der Waals surface area (Å²) in [6.45, 7) is 5.33. The second kappa shape index (κ2) is 7.65. The average Bonchev–Trinajstić information content (AvgIpc) is 3.08. The van der Waals surface area contributed by atoms with E-state index in [4.69, 9.17) is 9.40 Å². The summed E-state index contributed by atoms with van der Waals surface area (Å²) in [5.74, 6) is 1.16. The monoisotopic (exact) mass is 414 g/mol. The number of thioether (sulfide) groups is 1. The Morgan fingerprint density at radius 1 is 1.03 bits per heavy atom. The molecule has 3 aromatic carbocycles. The minimum atomic E-state index is -0.316. The van der Waals surface area contributed by atoms with E-state index in [9.17, 15) is 4.79 Å². The largest absolute Gasteiger partial charge is 0.423 e. The summed E-state index contributed by atoms with van der Waals surface area (Å²) >= 11 is 1.67. The van der Waals surface area contributed by atoms with Gasteiger partial charge < -0.3 is 8.98 Å². The van der Waals surface area contributed by atoms with Crippen LogP contribution in [0.2, 0.25) is 0 Å². The van der Waals surface area contributed by atoms with Gasteiger partial charge in [0.2, 0.25) is 0 Å². The highest BCUT2D eigenvalue weighted by atomic mass is 32.2. The van der Waals surface area contributed by atoms with Crippen LogP contribution < -0.4 is 5.63 Å². The van der Waals surface area contributed by atoms with Crippen LogP contribution in [-0.2, 0) is 12.3 Å². The van der Waals surface area contributed by atoms with Crippen molar-refractivity contribution in [3.63, 3.8) is 0 Å². The molecule has 0 spiro atoms. The maximum atomic E-state index is 12.2. The molecule has 0 aliphatic carbocycles. The minimum Gasteiger partial charge on any atom is -0.423 e. The van der Waals surface area contributed by atoms with Gasteiger partial charge in [0.05, 0.1) is 11.0 Å². The van der Waals surface area contributed by atoms with Crippen molar-refractivity contribution in [2.75, 3.05) is 0 Å². The van der Waals surface area contributed by atoms with Crippen molar-refractivity contribution in [2.45, 2.75) is 31.3 Å². The van der Waals surface area contributed by atoms with E-state index in [0.29, 0.717) is 17.3 Å². The molecule has 2 aromatic heterocycles. The standard InChI is InChI=1S/C25H22N2O2S/c1-16(2)14-27-21-10-6-5-9-20(21)26-25(27)30-15-18-13-23(28)29-22-12-11-17-7-3-4-8-19(17)24(18)22/h3-13,16H,14-15H2,1-2H3. The molecule has 5 rings (SSSR count). The number of nitrogens with zero attached hydrogens (tertiary/aromatic N) is 2. The van der Waals surface area contributed by atoms with E-state index < -0.39 is 0 Å². The summed E-state index contributed by atoms with van der Waals surface area (Å²) < 4.78 is 7.79. The smallest absolute Gasteiger partial charge is 0.336 e. The predicted molar refractivity (Wildman–Crippen MR) is 124 cm³/mol. The molecule has 2 heterocycles. The summed E-state index contributed by atoms with van der Waals surface area (Å²) in [4.78, 5) is 17.1. The molecule has 0 aliphatic rings. The molecule has 30 heavy (non-hydrogen) atoms. The molecule has 0 saturated heterocycles. The van der Waals surface area contributed by atoms with Crippen molar-refractivity contribution < 1.29 is 4.42 Å². The maximum Gasteiger partial charge on any atom is 0.336 e. The fraction of sp³-hybridized carbons (Fsp3) is 0.200. The molecule has 0 saturated carbocycles. The van der Waals surface area contributed by atoms with Crippen molar-refractivity contribution in [1.82, 2.24) is 9.55 Å². The molecule has 5 heteroatoms. The SMILES string of the molecule is CC(C)Cn1c(SCc2cc(=O)oc3ccc4ccccc4c23)nc2ccccc21. The van der Waals surface area contributed by atoms with E-state index in [0.717, 1.165) is 44.5 Å². The first-order valence-corrected chi connectivity index (χ1v) is 11.1. The van der Waals surface area contributed by atoms with Gasteiger partial charge in [-0.05, 0) is 40.5 Å². The Morgan fingerprint density at radius 2 is 1.83 bits per heavy atom. The second-order valence-electron chi connectivity index (χ2n) is 7.93. The molecule has 0 unspecified atom stereocenters. The van der Waals surface area contributed by atoms with Gasteiger partial charge in [0, 0.05) is 23.8 Å². The molecular formula is C25H22N2O2S. The normalized spacial score (nSPS) is 11.8. The van der Waals surface area contributed by atoms with E-state index in [1.54, 1.807) is 17.8 Å². The lowest BCUT2D eigenvalue weighted by Gasteiger charge is -2.12. The van der Waals surface area contributed by atoms with E-state index in [-0.39, 0.29) is 5.63 Å². The Bertz CT molecular complexity index is 1430. The molecule has 0 radical (unpaired) electrons. The lowest BCUT2D eigenvalue weighted by Crippen LogP contribution is -2.06. The molecule has 0 atom stereocenters. The van der Waals surface area contributed by atoms with Gasteiger partial charge in [0.25, 0.3) is 0 Å². The highest BCUT2D eigenvalue weighted by molar-refractivity contribution is 7.98. The Hall–Kier alpha value is -3.05. The second-order valence-corrected chi connectivity index (χ2v) is 8.87. The molecular weight excluding hydrogens is 392 g/mol. The van der Waals surface area contributed by atoms with Gasteiger partial charge in [0.1, 0.15) is 5.58 Å². The van der Waals surface area contributed by atoms with E-state index in [1.807, 2.05) is 30.3 Å². The van der Waals surface area contributed by atoms with Gasteiger partial charge in [-0.15, -0.1) is 0 Å². The zero-order valence-electron chi connectivity index (χ0n) is 17.0. The summed E-state index contributed by atoms with van der Waals surface area (Å²) in [7, 11) is 0. The number of para-hydroxylation sites is 2. The van der Waals surface area contributed by atoms with Gasteiger partial charge in [-0.2, -0.15) is 0 Å². The number of hydrogen-bond donors (Lipinski definition) is 0. The van der Waals surface area contributed by atoms with Gasteiger partial charge in [-0.3, -0.25) is 0 Å². The predicted octanol–water partition coefficient (Wildman–Crippen LogP) is 6.24. The number of imidazole rings is 1. The Balaban J connectivity index is 1.60. The number of aromatic nitrogens is 2. The zero-order chi connectivity index (χ0) is 20.7. The molecule has 0 aliphatic heterocycles. The quantitative estimate of drug-likeness (QED) is 0.194. The highest BCUT2D eigenvalue weighted by Gasteiger charge is 2.15. The molecule has 0 bridgehead atoms. The third-order valence-corrected chi connectivity index (χ3v) is 6.26. The summed E-state index contributed by atoms with van der Waals surface area (Å²) in [5.41, 5.74) is 3.45. The van der Waals surface area contributed by atoms with E-state index in [2.05, 4.69) is 48.7 Å². The Morgan fingerprint density at radius 3 is 2.70 bits per heavy atom. The van der Waals surface area contributed by atoms with Crippen molar-refractivity contribution >= 4 is 44.5 Å². The van der Waals surface area contributed by atoms with Crippen molar-refractivity contribution in [1.29, 1.82) is 0 Å². The molecule has 150 valence electrons. The van der Waals surface area contributed by atoms with Crippen LogP contribution in [0.4, 0.5) is 0 Å². The maximum absolute atomic E-state index is 12.2. The van der Waals surface area contributed by atoms with Crippen LogP contribution in [-0.4, -0.2) is 9.55 Å². The van der Waals surface area contributed by atoms with Gasteiger partial charge in [-0.25, -0.2) is 9.78 Å². The summed E-state index contributed by atoms with van der Waals surface area (Å²) in [5, 5.41) is 4.22. The number of rotatable bonds is 5. The fourth-order valence-corrected chi connectivity index (χ4v) is 4.99. The van der Waals surface area contributed by atoms with Crippen LogP contribution in [0.1, 0.15) is 19.4 Å². The van der Waals surface area contributed by atoms with Crippen LogP contribution in [0.25, 0.3) is 32.8 Å². The summed E-state index contributed by atoms with van der Waals surface area (Å²) in [6, 6.07) is 22.0. The number of hydrogen-bond acceptors (Lipinski definition) is 4. The lowest BCUT2D eigenvalue weighted by atomic mass is 10.0. The molecule has 0 amide bonds. The van der Waals surface area contributed by atoms with Gasteiger partial charge in [0.15, 0.2) is 5.16 Å². The fourth-order valence-electron chi connectivity index (χ4n) is 3.98. The first-order valence-electron chi connectivity index (χ1n) is 10.1. The third kappa shape index (κ3) is 3.39. The molecule has 0 fully saturated rings. The van der Waals surface area contributed by atoms with Crippen LogP contribution in [0.5, 0.6) is 0 Å². The average molecular weight is 415 g/mol. The van der Waals surface area contributed by atoms with Crippen molar-refractivity contribution in [3.05, 3.63) is 82.7 Å². The number of fused-ring (bicyclic) bond motifs is 4. The first kappa shape index (κ1) is 18.9. The third-order valence-electron chi connectivity index (χ3n) is 5.24.